The summed E-state index contributed by atoms with van der Waals surface area (Å²) in [5, 5.41) is 11.2. The summed E-state index contributed by atoms with van der Waals surface area (Å²) >= 11 is 30.5. The Bertz CT molecular complexity index is 4980. The number of ether oxygens (including phenoxy) is 6. The molecular weight excluding hydrogens is 1750 g/mol. The number of anilines is 6. The van der Waals surface area contributed by atoms with E-state index in [0.717, 1.165) is 120 Å². The number of sulfone groups is 1. The molecule has 45 heteroatoms. The number of nitrogen functional groups attached to an aromatic ring is 1. The Kier molecular flexibility index (Phi) is 29.6. The van der Waals surface area contributed by atoms with Gasteiger partial charge in [-0.3, -0.25) is 9.59 Å². The SMILES string of the molecule is CC(C)(C)OC(=O)CC1(c2cc(Cl)nc(N3CCOCC3)n2)CC1.CC1(C)OB(c2cnc(N)cc2C(F)(F)F)OC1(C)C.CN(C1(c2cc(Cl)nc(N3CCOCC3)n2)CC1)S(C)(=O)=O.CS(=O)(=O)CC1(c2cc(Cl)nc(N3CCOCC3)n2)CC1.NC1(c2cc(Cl)nc(N3CCOCC3)n2)CC1.O=C(O)C1(c2cc(Cl)nc(N3CCOCC3)n2)CC1. The minimum absolute atomic E-state index is 0.121. The molecule has 11 fully saturated rings. The second-order valence-electron chi connectivity index (χ2n) is 34.4. The normalized spacial score (nSPS) is 21.2. The molecule has 0 amide bonds. The molecule has 123 heavy (non-hydrogen) atoms. The number of alkyl halides is 3. The van der Waals surface area contributed by atoms with E-state index in [1.54, 1.807) is 65.1 Å². The number of rotatable bonds is 18. The monoisotopic (exact) mass is 1860 g/mol. The molecule has 674 valence electrons. The molecule has 0 radical (unpaired) electrons. The molecule has 0 bridgehead atoms. The van der Waals surface area contributed by atoms with Gasteiger partial charge >= 0.3 is 25.2 Å². The van der Waals surface area contributed by atoms with Crippen LogP contribution in [-0.2, 0) is 101 Å². The number of morpholine rings is 5. The molecule has 6 saturated heterocycles. The highest BCUT2D eigenvalue weighted by molar-refractivity contribution is 7.90. The van der Waals surface area contributed by atoms with Crippen molar-refractivity contribution in [2.45, 2.75) is 169 Å². The molecular formula is C78H106BCl5F3N19O15S2. The highest BCUT2D eigenvalue weighted by Gasteiger charge is 2.57. The predicted molar refractivity (Wildman–Crippen MR) is 459 cm³/mol. The Hall–Kier alpha value is -6.87. The van der Waals surface area contributed by atoms with Crippen LogP contribution in [0.1, 0.15) is 153 Å². The van der Waals surface area contributed by atoms with Crippen molar-refractivity contribution in [2.24, 2.45) is 5.73 Å². The van der Waals surface area contributed by atoms with Crippen molar-refractivity contribution < 1.29 is 82.4 Å². The molecule has 12 heterocycles. The van der Waals surface area contributed by atoms with Gasteiger partial charge in [-0.25, -0.2) is 71.7 Å². The standard InChI is InChI=1S/C17H24ClN3O3.C13H19ClN4O3S.C13H18ClN3O3S.C12H16BF3N2O2.C12H14ClN3O3.C11H15ClN4O/c1-16(2,3)24-14(22)11-17(4-5-17)12-10-13(18)20-15(19-12)21-6-8-23-9-7-21;1-17(22(2,19)20)13(3-4-13)10-9-11(14)16-12(15-10)18-5-7-21-8-6-18;1-21(18,19)9-13(2-3-13)10-8-11(14)16-12(15-10)17-4-6-20-7-5-17;1-10(2)11(3,4)20-13(19-10)8-6-18-9(17)5-7(8)12(14,15)16;13-9-7-8(12(1-2-12)10(17)18)14-11(15-9)16-3-5-19-6-4-16;12-9-7-8(11(13)1-2-11)14-10(15-9)16-3-5-17-6-4-16/h10H,4-9,11H2,1-3H3;9H,3-8H2,1-2H3;8H,2-7,9H2,1H3;5-6H,1-4H3,(H2,17,18);7H,1-6H2,(H,17,18);7H,1-6,13H2. The van der Waals surface area contributed by atoms with E-state index in [-0.39, 0.29) is 39.4 Å². The summed E-state index contributed by atoms with van der Waals surface area (Å²) in [5.74, 6) is 1.80. The van der Waals surface area contributed by atoms with E-state index in [2.05, 4.69) is 59.6 Å². The number of hydrogen-bond acceptors (Lipinski definition) is 32. The van der Waals surface area contributed by atoms with Crippen LogP contribution in [0, 0.1) is 0 Å². The van der Waals surface area contributed by atoms with Gasteiger partial charge in [0.1, 0.15) is 52.4 Å². The average Bonchev–Trinajstić information content (AvgIpc) is 1.59. The molecule has 6 aliphatic heterocycles. The number of carboxylic acids is 1. The van der Waals surface area contributed by atoms with Crippen LogP contribution in [0.5, 0.6) is 0 Å². The van der Waals surface area contributed by atoms with Gasteiger partial charge in [0.25, 0.3) is 0 Å². The third-order valence-electron chi connectivity index (χ3n) is 23.1. The van der Waals surface area contributed by atoms with E-state index in [9.17, 15) is 44.7 Å². The number of sulfonamides is 1. The van der Waals surface area contributed by atoms with Crippen LogP contribution in [0.15, 0.2) is 42.6 Å². The lowest BCUT2D eigenvalue weighted by molar-refractivity contribution is -0.155. The summed E-state index contributed by atoms with van der Waals surface area (Å²) < 4.78 is 131. The molecule has 6 aromatic rings. The highest BCUT2D eigenvalue weighted by atomic mass is 35.5. The van der Waals surface area contributed by atoms with Gasteiger partial charge in [-0.15, -0.1) is 0 Å². The Morgan fingerprint density at radius 3 is 1.16 bits per heavy atom. The lowest BCUT2D eigenvalue weighted by atomic mass is 9.77. The molecule has 5 aliphatic carbocycles. The van der Waals surface area contributed by atoms with Gasteiger partial charge in [-0.1, -0.05) is 58.0 Å². The lowest BCUT2D eigenvalue weighted by Crippen LogP contribution is -2.41. The van der Waals surface area contributed by atoms with Gasteiger partial charge in [0.2, 0.25) is 39.8 Å². The molecule has 0 unspecified atom stereocenters. The first kappa shape index (κ1) is 95.2. The Balaban J connectivity index is 0.000000135. The lowest BCUT2D eigenvalue weighted by Gasteiger charge is -2.32. The van der Waals surface area contributed by atoms with Crippen molar-refractivity contribution in [3.05, 3.63) is 102 Å². The van der Waals surface area contributed by atoms with Crippen molar-refractivity contribution in [1.29, 1.82) is 0 Å². The fourth-order valence-corrected chi connectivity index (χ4v) is 17.7. The van der Waals surface area contributed by atoms with Gasteiger partial charge in [-0.2, -0.15) is 17.5 Å². The molecule has 5 N–H and O–H groups in total. The van der Waals surface area contributed by atoms with Crippen molar-refractivity contribution in [3.8, 4) is 0 Å². The van der Waals surface area contributed by atoms with Crippen molar-refractivity contribution in [2.75, 3.05) is 187 Å². The topological polar surface area (TPSA) is 410 Å². The second kappa shape index (κ2) is 38.2. The summed E-state index contributed by atoms with van der Waals surface area (Å²) in [6.45, 7) is 26.6. The number of carbonyl (C=O) groups excluding carboxylic acids is 1. The zero-order valence-corrected chi connectivity index (χ0v) is 75.9. The highest BCUT2D eigenvalue weighted by Crippen LogP contribution is 2.54. The summed E-state index contributed by atoms with van der Waals surface area (Å²) in [7, 11) is -5.89. The fraction of sp³-hybridized carbons (Fsp3) is 0.654. The molecule has 5 saturated carbocycles. The van der Waals surface area contributed by atoms with Crippen LogP contribution in [0.2, 0.25) is 25.8 Å². The number of pyridine rings is 1. The first-order valence-corrected chi connectivity index (χ1v) is 46.4. The van der Waals surface area contributed by atoms with Crippen LogP contribution in [-0.4, -0.2) is 274 Å². The number of esters is 1. The van der Waals surface area contributed by atoms with E-state index >= 15 is 0 Å². The maximum absolute atomic E-state index is 13.1. The van der Waals surface area contributed by atoms with Gasteiger partial charge < -0.3 is 78.8 Å². The molecule has 11 aliphatic rings. The van der Waals surface area contributed by atoms with Crippen LogP contribution in [0.3, 0.4) is 0 Å². The summed E-state index contributed by atoms with van der Waals surface area (Å²) in [6.07, 6.45) is 7.46. The van der Waals surface area contributed by atoms with E-state index in [4.69, 9.17) is 112 Å². The number of halogens is 8. The van der Waals surface area contributed by atoms with Crippen molar-refractivity contribution in [3.63, 3.8) is 0 Å². The number of carboxylic acid groups (broad SMARTS) is 1. The number of carbonyl (C=O) groups is 2. The number of aromatic nitrogens is 11. The summed E-state index contributed by atoms with van der Waals surface area (Å²) in [6, 6.07) is 9.28. The third-order valence-corrected chi connectivity index (χ3v) is 26.5. The Morgan fingerprint density at radius 1 is 0.512 bits per heavy atom. The van der Waals surface area contributed by atoms with Gasteiger partial charge in [0, 0.05) is 101 Å². The van der Waals surface area contributed by atoms with Crippen LogP contribution >= 0.6 is 58.0 Å². The van der Waals surface area contributed by atoms with Crippen LogP contribution < -0.4 is 41.4 Å². The van der Waals surface area contributed by atoms with Gasteiger partial charge in [0.05, 0.1) is 141 Å². The first-order chi connectivity index (χ1) is 57.7. The van der Waals surface area contributed by atoms with Crippen LogP contribution in [0.4, 0.5) is 48.7 Å². The predicted octanol–water partition coefficient (Wildman–Crippen LogP) is 8.60. The number of nitrogens with two attached hydrogens (primary N) is 2. The Labute approximate surface area is 739 Å². The molecule has 6 aromatic heterocycles. The number of aliphatic carboxylic acids is 1. The zero-order valence-electron chi connectivity index (χ0n) is 70.5. The fourth-order valence-electron chi connectivity index (χ4n) is 14.4. The molecule has 34 nitrogen and oxygen atoms in total. The third kappa shape index (κ3) is 24.7. The van der Waals surface area contributed by atoms with Crippen LogP contribution in [0.25, 0.3) is 0 Å². The van der Waals surface area contributed by atoms with Gasteiger partial charge in [-0.05, 0) is 149 Å². The molecule has 17 rings (SSSR count). The minimum Gasteiger partial charge on any atom is -0.481 e. The summed E-state index contributed by atoms with van der Waals surface area (Å²) in [4.78, 5) is 81.6. The second-order valence-corrected chi connectivity index (χ2v) is 40.4. The van der Waals surface area contributed by atoms with Crippen molar-refractivity contribution in [1.82, 2.24) is 59.1 Å². The molecule has 0 spiro atoms. The zero-order chi connectivity index (χ0) is 89.1. The smallest absolute Gasteiger partial charge is 0.481 e. The minimum atomic E-state index is -4.55. The maximum Gasteiger partial charge on any atom is 0.497 e. The molecule has 0 atom stereocenters. The number of nitrogens with zero attached hydrogens (tertiary/aromatic N) is 17. The average molecular weight is 1860 g/mol. The van der Waals surface area contributed by atoms with E-state index in [1.807, 2.05) is 35.5 Å². The molecule has 0 aromatic carbocycles. The van der Waals surface area contributed by atoms with E-state index in [1.165, 1.54) is 16.8 Å². The Morgan fingerprint density at radius 2 is 0.846 bits per heavy atom. The van der Waals surface area contributed by atoms with E-state index < -0.39 is 72.4 Å². The number of hydrogen-bond donors (Lipinski definition) is 3. The summed E-state index contributed by atoms with van der Waals surface area (Å²) in [5.41, 5.74) is 9.81. The quantitative estimate of drug-likeness (QED) is 0.0411. The first-order valence-electron chi connectivity index (χ1n) is 40.6. The van der Waals surface area contributed by atoms with Gasteiger partial charge in [0.15, 0.2) is 0 Å². The maximum atomic E-state index is 13.1. The van der Waals surface area contributed by atoms with E-state index in [0.29, 0.717) is 178 Å². The largest absolute Gasteiger partial charge is 0.497 e. The van der Waals surface area contributed by atoms with Crippen molar-refractivity contribution >= 4 is 138 Å².